The van der Waals surface area contributed by atoms with Crippen LogP contribution in [0.2, 0.25) is 0 Å². The SMILES string of the molecule is COc1ccc(CN(Cc2cc3ccc(C)cc3[nH]c2=O)[C@H](c2nnnn2C[C@@H]2CCCO2)C(C)C)cc1. The summed E-state index contributed by atoms with van der Waals surface area (Å²) in [6.45, 7) is 8.83. The summed E-state index contributed by atoms with van der Waals surface area (Å²) in [6.07, 6.45) is 2.18. The van der Waals surface area contributed by atoms with Crippen molar-refractivity contribution < 1.29 is 9.47 Å². The standard InChI is InChI=1S/C29H36N6O3/c1-19(2)27(28-31-32-33-35(28)18-25-6-5-13-38-25)34(16-21-8-11-24(37-4)12-9-21)17-23-15-22-10-7-20(3)14-26(22)30-29(23)36/h7-12,14-15,19,25,27H,5-6,13,16-18H2,1-4H3,(H,30,36)/t25-,27-/m0/s1. The fraction of sp³-hybridized carbons (Fsp3) is 0.448. The number of tetrazole rings is 1. The summed E-state index contributed by atoms with van der Waals surface area (Å²) in [5.41, 5.74) is 3.70. The molecule has 0 amide bonds. The van der Waals surface area contributed by atoms with Gasteiger partial charge in [0.2, 0.25) is 0 Å². The number of hydrogen-bond acceptors (Lipinski definition) is 7. The minimum Gasteiger partial charge on any atom is -0.497 e. The van der Waals surface area contributed by atoms with Crippen LogP contribution in [0, 0.1) is 12.8 Å². The number of aromatic amines is 1. The summed E-state index contributed by atoms with van der Waals surface area (Å²) in [7, 11) is 1.66. The number of aryl methyl sites for hydroxylation is 1. The average molecular weight is 517 g/mol. The maximum atomic E-state index is 13.2. The van der Waals surface area contributed by atoms with Gasteiger partial charge in [-0.3, -0.25) is 9.69 Å². The van der Waals surface area contributed by atoms with Crippen molar-refractivity contribution >= 4 is 10.9 Å². The lowest BCUT2D eigenvalue weighted by atomic mass is 9.99. The second-order valence-corrected chi connectivity index (χ2v) is 10.5. The van der Waals surface area contributed by atoms with Gasteiger partial charge < -0.3 is 14.5 Å². The van der Waals surface area contributed by atoms with Crippen LogP contribution in [0.3, 0.4) is 0 Å². The van der Waals surface area contributed by atoms with E-state index < -0.39 is 0 Å². The second-order valence-electron chi connectivity index (χ2n) is 10.5. The van der Waals surface area contributed by atoms with Gasteiger partial charge >= 0.3 is 0 Å². The Labute approximate surface area is 222 Å². The average Bonchev–Trinajstić information content (AvgIpc) is 3.58. The molecule has 9 heteroatoms. The van der Waals surface area contributed by atoms with E-state index in [-0.39, 0.29) is 23.6 Å². The van der Waals surface area contributed by atoms with Gasteiger partial charge in [0.05, 0.1) is 25.8 Å². The molecule has 0 spiro atoms. The molecule has 0 radical (unpaired) electrons. The summed E-state index contributed by atoms with van der Waals surface area (Å²) >= 11 is 0. The van der Waals surface area contributed by atoms with E-state index in [2.05, 4.69) is 63.5 Å². The molecule has 2 aromatic heterocycles. The zero-order valence-corrected chi connectivity index (χ0v) is 22.6. The highest BCUT2D eigenvalue weighted by atomic mass is 16.5. The largest absolute Gasteiger partial charge is 0.497 e. The number of ether oxygens (including phenoxy) is 2. The molecule has 1 fully saturated rings. The Morgan fingerprint density at radius 1 is 1.16 bits per heavy atom. The van der Waals surface area contributed by atoms with Gasteiger partial charge in [-0.15, -0.1) is 5.10 Å². The fourth-order valence-electron chi connectivity index (χ4n) is 5.33. The van der Waals surface area contributed by atoms with Crippen molar-refractivity contribution in [2.45, 2.75) is 65.4 Å². The van der Waals surface area contributed by atoms with Crippen molar-refractivity contribution in [3.05, 3.63) is 81.4 Å². The highest BCUT2D eigenvalue weighted by Gasteiger charge is 2.31. The van der Waals surface area contributed by atoms with Crippen molar-refractivity contribution in [3.63, 3.8) is 0 Å². The minimum absolute atomic E-state index is 0.0794. The van der Waals surface area contributed by atoms with Gasteiger partial charge in [0.1, 0.15) is 5.75 Å². The molecule has 1 aliphatic rings. The number of methoxy groups -OCH3 is 1. The number of nitrogens with one attached hydrogen (secondary N) is 1. The third-order valence-electron chi connectivity index (χ3n) is 7.25. The number of fused-ring (bicyclic) bond motifs is 1. The van der Waals surface area contributed by atoms with Crippen molar-refractivity contribution in [2.75, 3.05) is 13.7 Å². The first-order chi connectivity index (χ1) is 18.4. The smallest absolute Gasteiger partial charge is 0.252 e. The molecule has 0 unspecified atom stereocenters. The molecular weight excluding hydrogens is 480 g/mol. The lowest BCUT2D eigenvalue weighted by Gasteiger charge is -2.33. The molecule has 4 aromatic rings. The van der Waals surface area contributed by atoms with E-state index in [1.807, 2.05) is 35.9 Å². The number of pyridine rings is 1. The third-order valence-corrected chi connectivity index (χ3v) is 7.25. The molecule has 0 saturated carbocycles. The lowest BCUT2D eigenvalue weighted by molar-refractivity contribution is 0.0851. The van der Waals surface area contributed by atoms with Crippen molar-refractivity contribution in [1.82, 2.24) is 30.1 Å². The molecule has 2 atom stereocenters. The second kappa shape index (κ2) is 11.4. The minimum atomic E-state index is -0.124. The van der Waals surface area contributed by atoms with Crippen molar-refractivity contribution in [3.8, 4) is 5.75 Å². The monoisotopic (exact) mass is 516 g/mol. The van der Waals surface area contributed by atoms with Crippen LogP contribution in [-0.2, 0) is 24.4 Å². The highest BCUT2D eigenvalue weighted by Crippen LogP contribution is 2.31. The van der Waals surface area contributed by atoms with Crippen molar-refractivity contribution in [1.29, 1.82) is 0 Å². The number of aromatic nitrogens is 5. The zero-order valence-electron chi connectivity index (χ0n) is 22.6. The van der Waals surface area contributed by atoms with E-state index in [4.69, 9.17) is 9.47 Å². The molecule has 2 aromatic carbocycles. The van der Waals surface area contributed by atoms with E-state index >= 15 is 0 Å². The Kier molecular flexibility index (Phi) is 7.85. The number of hydrogen-bond donors (Lipinski definition) is 1. The van der Waals surface area contributed by atoms with Crippen LogP contribution >= 0.6 is 0 Å². The number of benzene rings is 2. The Hall–Kier alpha value is -3.56. The maximum absolute atomic E-state index is 13.2. The van der Waals surface area contributed by atoms with Gasteiger partial charge in [-0.2, -0.15) is 0 Å². The predicted molar refractivity (Wildman–Crippen MR) is 146 cm³/mol. The summed E-state index contributed by atoms with van der Waals surface area (Å²) in [5.74, 6) is 1.78. The van der Waals surface area contributed by atoms with Gasteiger partial charge in [-0.05, 0) is 76.9 Å². The van der Waals surface area contributed by atoms with Crippen LogP contribution in [0.4, 0.5) is 0 Å². The summed E-state index contributed by atoms with van der Waals surface area (Å²) in [4.78, 5) is 18.6. The van der Waals surface area contributed by atoms with E-state index in [1.165, 1.54) is 0 Å². The summed E-state index contributed by atoms with van der Waals surface area (Å²) in [6, 6.07) is 16.1. The maximum Gasteiger partial charge on any atom is 0.252 e. The Balaban J connectivity index is 1.52. The molecular formula is C29H36N6O3. The first-order valence-electron chi connectivity index (χ1n) is 13.3. The third kappa shape index (κ3) is 5.79. The Bertz CT molecular complexity index is 1420. The first kappa shape index (κ1) is 26.1. The van der Waals surface area contributed by atoms with E-state index in [1.54, 1.807) is 7.11 Å². The molecule has 0 bridgehead atoms. The predicted octanol–water partition coefficient (Wildman–Crippen LogP) is 4.41. The molecule has 200 valence electrons. The molecule has 3 heterocycles. The van der Waals surface area contributed by atoms with Gasteiger partial charge in [-0.25, -0.2) is 4.68 Å². The fourth-order valence-corrected chi connectivity index (χ4v) is 5.33. The highest BCUT2D eigenvalue weighted by molar-refractivity contribution is 5.79. The summed E-state index contributed by atoms with van der Waals surface area (Å²) in [5, 5.41) is 13.9. The van der Waals surface area contributed by atoms with Crippen LogP contribution in [0.1, 0.15) is 55.2 Å². The number of nitrogens with zero attached hydrogens (tertiary/aromatic N) is 5. The van der Waals surface area contributed by atoms with Crippen LogP contribution in [0.15, 0.2) is 53.3 Å². The molecule has 0 aliphatic carbocycles. The first-order valence-corrected chi connectivity index (χ1v) is 13.3. The quantitative estimate of drug-likeness (QED) is 0.333. The molecule has 1 N–H and O–H groups in total. The van der Waals surface area contributed by atoms with Crippen LogP contribution < -0.4 is 10.3 Å². The van der Waals surface area contributed by atoms with E-state index in [9.17, 15) is 4.79 Å². The Morgan fingerprint density at radius 3 is 2.68 bits per heavy atom. The molecule has 1 aliphatic heterocycles. The van der Waals surface area contributed by atoms with E-state index in [0.29, 0.717) is 25.2 Å². The Morgan fingerprint density at radius 2 is 1.97 bits per heavy atom. The van der Waals surface area contributed by atoms with Crippen LogP contribution in [0.25, 0.3) is 10.9 Å². The van der Waals surface area contributed by atoms with Crippen LogP contribution in [0.5, 0.6) is 5.75 Å². The number of H-pyrrole nitrogens is 1. The van der Waals surface area contributed by atoms with Gasteiger partial charge in [0.15, 0.2) is 5.82 Å². The molecule has 5 rings (SSSR count). The summed E-state index contributed by atoms with van der Waals surface area (Å²) < 4.78 is 13.1. The van der Waals surface area contributed by atoms with Gasteiger partial charge in [0, 0.05) is 30.8 Å². The molecule has 1 saturated heterocycles. The van der Waals surface area contributed by atoms with Gasteiger partial charge in [0.25, 0.3) is 5.56 Å². The zero-order chi connectivity index (χ0) is 26.6. The number of rotatable bonds is 10. The normalized spacial score (nSPS) is 16.5. The molecule has 38 heavy (non-hydrogen) atoms. The van der Waals surface area contributed by atoms with Crippen LogP contribution in [-0.4, -0.2) is 49.9 Å². The van der Waals surface area contributed by atoms with E-state index in [0.717, 1.165) is 53.1 Å². The van der Waals surface area contributed by atoms with Gasteiger partial charge in [-0.1, -0.05) is 38.1 Å². The topological polar surface area (TPSA) is 98.2 Å². The lowest BCUT2D eigenvalue weighted by Crippen LogP contribution is -2.36. The molecule has 9 nitrogen and oxygen atoms in total. The van der Waals surface area contributed by atoms with Crippen molar-refractivity contribution in [2.24, 2.45) is 5.92 Å².